The fraction of sp³-hybridized carbons (Fsp3) is 0.567. The lowest BCUT2D eigenvalue weighted by atomic mass is 9.97. The smallest absolute Gasteiger partial charge is 0.444 e. The third kappa shape index (κ3) is 11.3. The molecule has 4 rings (SSSR count). The minimum Gasteiger partial charge on any atom is -0.444 e. The van der Waals surface area contributed by atoms with E-state index in [-0.39, 0.29) is 5.92 Å². The molecule has 0 spiro atoms. The van der Waals surface area contributed by atoms with Crippen LogP contribution in [0.15, 0.2) is 30.3 Å². The second-order valence-corrected chi connectivity index (χ2v) is 11.5. The molecule has 2 N–H and O–H groups in total. The van der Waals surface area contributed by atoms with Gasteiger partial charge in [0.15, 0.2) is 0 Å². The first kappa shape index (κ1) is 33.4. The van der Waals surface area contributed by atoms with Crippen molar-refractivity contribution in [3.63, 3.8) is 0 Å². The van der Waals surface area contributed by atoms with Gasteiger partial charge in [0.05, 0.1) is 11.6 Å². The number of carbonyl (C=O) groups excluding carboxylic acids is 2. The fourth-order valence-electron chi connectivity index (χ4n) is 4.75. The quantitative estimate of drug-likeness (QED) is 0.329. The van der Waals surface area contributed by atoms with Gasteiger partial charge in [-0.15, -0.1) is 0 Å². The van der Waals surface area contributed by atoms with Crippen LogP contribution < -0.4 is 20.4 Å². The lowest BCUT2D eigenvalue weighted by molar-refractivity contribution is -0.144. The maximum Gasteiger partial charge on any atom is 0.451 e. The van der Waals surface area contributed by atoms with E-state index in [1.165, 1.54) is 0 Å². The van der Waals surface area contributed by atoms with Crippen molar-refractivity contribution < 1.29 is 27.5 Å². The standard InChI is InChI=1S/C20H30F3N5O2.C10H10N2O/c1-19(2,3)30-18(29)24-13-14-6-10-28(11-7-14)16-12-15(27-8-4-5-9-27)25-17(26-16)20(21,22)23;11-7-10-3-1-9(2-4-10)5-6-12-8-13/h12,14H,4-11,13H2,1-3H3,(H,24,29);1-4,8H,5-6H2,(H,12,13). The average molecular weight is 604 g/mol. The minimum absolute atomic E-state index is 0.246. The molecule has 2 aliphatic heterocycles. The van der Waals surface area contributed by atoms with Gasteiger partial charge in [-0.3, -0.25) is 4.79 Å². The molecule has 2 aromatic rings. The molecule has 2 saturated heterocycles. The molecule has 0 radical (unpaired) electrons. The number of alkyl carbamates (subject to hydrolysis) is 1. The summed E-state index contributed by atoms with van der Waals surface area (Å²) in [4.78, 5) is 33.1. The van der Waals surface area contributed by atoms with E-state index >= 15 is 0 Å². The summed E-state index contributed by atoms with van der Waals surface area (Å²) in [5, 5.41) is 13.9. The fourth-order valence-corrected chi connectivity index (χ4v) is 4.75. The Morgan fingerprint density at radius 1 is 1.05 bits per heavy atom. The van der Waals surface area contributed by atoms with Crippen LogP contribution in [0.5, 0.6) is 0 Å². The molecule has 2 aliphatic rings. The van der Waals surface area contributed by atoms with Gasteiger partial charge in [0.25, 0.3) is 0 Å². The van der Waals surface area contributed by atoms with Crippen molar-refractivity contribution >= 4 is 24.1 Å². The average Bonchev–Trinajstić information content (AvgIpc) is 3.51. The highest BCUT2D eigenvalue weighted by Crippen LogP contribution is 2.32. The molecule has 2 amide bonds. The molecule has 0 unspecified atom stereocenters. The van der Waals surface area contributed by atoms with Crippen LogP contribution in [0.4, 0.5) is 29.6 Å². The number of rotatable bonds is 8. The molecular formula is C30H40F3N7O3. The third-order valence-electron chi connectivity index (χ3n) is 6.98. The van der Waals surface area contributed by atoms with Crippen LogP contribution in [-0.4, -0.2) is 67.3 Å². The summed E-state index contributed by atoms with van der Waals surface area (Å²) in [5.74, 6) is -0.178. The first-order valence-electron chi connectivity index (χ1n) is 14.5. The number of amides is 2. The number of aromatic nitrogens is 2. The zero-order chi connectivity index (χ0) is 31.5. The SMILES string of the molecule is CC(C)(C)OC(=O)NCC1CCN(c2cc(N3CCCC3)nc(C(F)(F)F)n2)CC1.N#Cc1ccc(CCNC=O)cc1. The van der Waals surface area contributed by atoms with E-state index in [1.807, 2.05) is 28.0 Å². The zero-order valence-corrected chi connectivity index (χ0v) is 24.9. The summed E-state index contributed by atoms with van der Waals surface area (Å²) in [5.41, 5.74) is 1.23. The molecule has 10 nitrogen and oxygen atoms in total. The lowest BCUT2D eigenvalue weighted by Gasteiger charge is -2.33. The maximum absolute atomic E-state index is 13.3. The van der Waals surface area contributed by atoms with E-state index in [0.717, 1.165) is 37.7 Å². The summed E-state index contributed by atoms with van der Waals surface area (Å²) in [7, 11) is 0. The van der Waals surface area contributed by atoms with Crippen molar-refractivity contribution in [3.05, 3.63) is 47.3 Å². The van der Waals surface area contributed by atoms with Crippen LogP contribution in [0, 0.1) is 17.2 Å². The summed E-state index contributed by atoms with van der Waals surface area (Å²) in [6, 6.07) is 11.1. The molecule has 43 heavy (non-hydrogen) atoms. The monoisotopic (exact) mass is 603 g/mol. The van der Waals surface area contributed by atoms with E-state index in [2.05, 4.69) is 20.6 Å². The Bertz CT molecular complexity index is 1230. The number of carbonyl (C=O) groups is 2. The van der Waals surface area contributed by atoms with Gasteiger partial charge in [-0.2, -0.15) is 18.4 Å². The molecule has 1 aromatic carbocycles. The molecule has 2 fully saturated rings. The Kier molecular flexibility index (Phi) is 12.0. The Balaban J connectivity index is 0.000000326. The van der Waals surface area contributed by atoms with E-state index in [1.54, 1.807) is 39.0 Å². The molecule has 13 heteroatoms. The maximum atomic E-state index is 13.3. The van der Waals surface area contributed by atoms with Gasteiger partial charge in [-0.1, -0.05) is 12.1 Å². The highest BCUT2D eigenvalue weighted by Gasteiger charge is 2.37. The van der Waals surface area contributed by atoms with Crippen LogP contribution in [0.3, 0.4) is 0 Å². The molecule has 0 saturated carbocycles. The minimum atomic E-state index is -4.58. The Morgan fingerprint density at radius 3 is 2.14 bits per heavy atom. The topological polar surface area (TPSA) is 123 Å². The van der Waals surface area contributed by atoms with Crippen molar-refractivity contribution in [3.8, 4) is 6.07 Å². The van der Waals surface area contributed by atoms with Gasteiger partial charge in [-0.25, -0.2) is 14.8 Å². The number of nitriles is 1. The number of alkyl halides is 3. The largest absolute Gasteiger partial charge is 0.451 e. The molecule has 234 valence electrons. The van der Waals surface area contributed by atoms with Crippen molar-refractivity contribution in [2.24, 2.45) is 5.92 Å². The van der Waals surface area contributed by atoms with Crippen LogP contribution >= 0.6 is 0 Å². The van der Waals surface area contributed by atoms with Gasteiger partial charge in [0.1, 0.15) is 17.2 Å². The van der Waals surface area contributed by atoms with Gasteiger partial charge in [-0.05, 0) is 76.5 Å². The Hall–Kier alpha value is -4.08. The van der Waals surface area contributed by atoms with E-state index < -0.39 is 23.7 Å². The van der Waals surface area contributed by atoms with Crippen LogP contribution in [0.25, 0.3) is 0 Å². The van der Waals surface area contributed by atoms with E-state index in [4.69, 9.17) is 10.00 Å². The summed E-state index contributed by atoms with van der Waals surface area (Å²) >= 11 is 0. The van der Waals surface area contributed by atoms with Crippen molar-refractivity contribution in [1.29, 1.82) is 5.26 Å². The number of hydrogen-bond acceptors (Lipinski definition) is 8. The first-order valence-corrected chi connectivity index (χ1v) is 14.5. The molecular weight excluding hydrogens is 563 g/mol. The molecule has 0 bridgehead atoms. The van der Waals surface area contributed by atoms with Crippen LogP contribution in [0.1, 0.15) is 63.4 Å². The molecule has 0 atom stereocenters. The number of halogens is 3. The van der Waals surface area contributed by atoms with Crippen LogP contribution in [-0.2, 0) is 22.1 Å². The highest BCUT2D eigenvalue weighted by atomic mass is 19.4. The number of nitrogens with zero attached hydrogens (tertiary/aromatic N) is 5. The van der Waals surface area contributed by atoms with Gasteiger partial charge in [0.2, 0.25) is 12.2 Å². The molecule has 3 heterocycles. The van der Waals surface area contributed by atoms with Gasteiger partial charge >= 0.3 is 12.3 Å². The van der Waals surface area contributed by atoms with Gasteiger partial charge in [0, 0.05) is 45.3 Å². The van der Waals surface area contributed by atoms with Crippen molar-refractivity contribution in [2.45, 2.75) is 64.7 Å². The van der Waals surface area contributed by atoms with Crippen molar-refractivity contribution in [2.75, 3.05) is 49.1 Å². The summed E-state index contributed by atoms with van der Waals surface area (Å²) in [6.07, 6.45) is -0.145. The summed E-state index contributed by atoms with van der Waals surface area (Å²) in [6.45, 7) is 9.12. The predicted molar refractivity (Wildman–Crippen MR) is 157 cm³/mol. The Labute approximate surface area is 250 Å². The number of nitrogens with one attached hydrogen (secondary N) is 2. The second-order valence-electron chi connectivity index (χ2n) is 11.5. The number of piperidine rings is 1. The highest BCUT2D eigenvalue weighted by molar-refractivity contribution is 5.67. The predicted octanol–water partition coefficient (Wildman–Crippen LogP) is 4.68. The van der Waals surface area contributed by atoms with Gasteiger partial charge < -0.3 is 25.2 Å². The number of hydrogen-bond donors (Lipinski definition) is 2. The number of ether oxygens (including phenoxy) is 1. The lowest BCUT2D eigenvalue weighted by Crippen LogP contribution is -2.40. The van der Waals surface area contributed by atoms with Crippen molar-refractivity contribution in [1.82, 2.24) is 20.6 Å². The van der Waals surface area contributed by atoms with Crippen LogP contribution in [0.2, 0.25) is 0 Å². The summed E-state index contributed by atoms with van der Waals surface area (Å²) < 4.78 is 45.3. The van der Waals surface area contributed by atoms with E-state index in [0.29, 0.717) is 62.9 Å². The molecule has 1 aromatic heterocycles. The number of anilines is 2. The number of benzene rings is 1. The second kappa shape index (κ2) is 15.4. The third-order valence-corrected chi connectivity index (χ3v) is 6.98. The van der Waals surface area contributed by atoms with E-state index in [9.17, 15) is 22.8 Å². The Morgan fingerprint density at radius 2 is 1.63 bits per heavy atom. The molecule has 0 aliphatic carbocycles. The normalized spacial score (nSPS) is 15.7. The zero-order valence-electron chi connectivity index (χ0n) is 24.9. The first-order chi connectivity index (χ1) is 20.4.